The van der Waals surface area contributed by atoms with Crippen molar-refractivity contribution in [2.45, 2.75) is 19.5 Å². The van der Waals surface area contributed by atoms with Crippen LogP contribution in [0.4, 0.5) is 13.2 Å². The van der Waals surface area contributed by atoms with E-state index in [4.69, 9.17) is 4.74 Å². The second-order valence-corrected chi connectivity index (χ2v) is 5.40. The predicted molar refractivity (Wildman–Crippen MR) is 89.4 cm³/mol. The number of rotatable bonds is 4. The number of benzene rings is 1. The summed E-state index contributed by atoms with van der Waals surface area (Å²) < 4.78 is 43.4. The molecule has 2 aromatic heterocycles. The van der Waals surface area contributed by atoms with E-state index >= 15 is 0 Å². The zero-order valence-corrected chi connectivity index (χ0v) is 14.1. The minimum atomic E-state index is -4.39. The van der Waals surface area contributed by atoms with Crippen LogP contribution in [0.15, 0.2) is 42.7 Å². The van der Waals surface area contributed by atoms with Crippen molar-refractivity contribution in [1.82, 2.24) is 19.9 Å². The lowest BCUT2D eigenvalue weighted by molar-refractivity contribution is -0.137. The molecule has 0 spiro atoms. The lowest BCUT2D eigenvalue weighted by atomic mass is 10.1. The quantitative estimate of drug-likeness (QED) is 0.698. The van der Waals surface area contributed by atoms with Gasteiger partial charge < -0.3 is 4.74 Å². The van der Waals surface area contributed by atoms with Crippen molar-refractivity contribution in [2.24, 2.45) is 0 Å². The summed E-state index contributed by atoms with van der Waals surface area (Å²) in [6.45, 7) is 1.95. The molecule has 0 aliphatic carbocycles. The lowest BCUT2D eigenvalue weighted by Crippen LogP contribution is -2.04. The molecular weight excluding hydrogens is 345 g/mol. The van der Waals surface area contributed by atoms with Gasteiger partial charge in [-0.3, -0.25) is 9.97 Å². The Morgan fingerprint density at radius 3 is 2.31 bits per heavy atom. The van der Waals surface area contributed by atoms with Gasteiger partial charge in [0.25, 0.3) is 0 Å². The van der Waals surface area contributed by atoms with Crippen LogP contribution >= 0.6 is 0 Å². The summed E-state index contributed by atoms with van der Waals surface area (Å²) in [5.41, 5.74) is 1.55. The molecule has 8 heteroatoms. The molecule has 134 valence electrons. The Balaban J connectivity index is 2.08. The van der Waals surface area contributed by atoms with Gasteiger partial charge in [0.1, 0.15) is 5.69 Å². The predicted octanol–water partition coefficient (Wildman–Crippen LogP) is 4.19. The number of methoxy groups -OCH3 is 1. The molecule has 0 saturated heterocycles. The summed E-state index contributed by atoms with van der Waals surface area (Å²) in [6, 6.07) is 6.28. The summed E-state index contributed by atoms with van der Waals surface area (Å²) in [5, 5.41) is 0. The number of nitrogens with zero attached hydrogens (tertiary/aromatic N) is 4. The minimum absolute atomic E-state index is 0.251. The van der Waals surface area contributed by atoms with E-state index < -0.39 is 11.7 Å². The Hall–Kier alpha value is -3.03. The fourth-order valence-corrected chi connectivity index (χ4v) is 2.43. The molecule has 0 bridgehead atoms. The number of halogens is 3. The van der Waals surface area contributed by atoms with E-state index in [0.29, 0.717) is 23.4 Å². The number of aromatic nitrogens is 4. The van der Waals surface area contributed by atoms with Crippen LogP contribution in [0.25, 0.3) is 22.8 Å². The van der Waals surface area contributed by atoms with Crippen LogP contribution in [0.5, 0.6) is 5.88 Å². The minimum Gasteiger partial charge on any atom is -0.481 e. The maximum atomic E-state index is 12.7. The average molecular weight is 360 g/mol. The SMILES string of the molecule is CCc1nccnc1-c1cc(OC)nc(-c2ccc(C(F)(F)F)cc2)n1. The molecule has 26 heavy (non-hydrogen) atoms. The topological polar surface area (TPSA) is 60.8 Å². The maximum Gasteiger partial charge on any atom is 0.416 e. The second-order valence-electron chi connectivity index (χ2n) is 5.40. The van der Waals surface area contributed by atoms with Crippen molar-refractivity contribution < 1.29 is 17.9 Å². The highest BCUT2D eigenvalue weighted by atomic mass is 19.4. The summed E-state index contributed by atoms with van der Waals surface area (Å²) in [5.74, 6) is 0.540. The molecule has 1 aromatic carbocycles. The van der Waals surface area contributed by atoms with Crippen molar-refractivity contribution in [2.75, 3.05) is 7.11 Å². The molecule has 2 heterocycles. The van der Waals surface area contributed by atoms with Crippen molar-refractivity contribution in [3.8, 4) is 28.7 Å². The normalized spacial score (nSPS) is 11.4. The summed E-state index contributed by atoms with van der Waals surface area (Å²) in [6.07, 6.45) is -0.585. The summed E-state index contributed by atoms with van der Waals surface area (Å²) >= 11 is 0. The monoisotopic (exact) mass is 360 g/mol. The first-order valence-electron chi connectivity index (χ1n) is 7.83. The molecule has 0 radical (unpaired) electrons. The molecule has 0 N–H and O–H groups in total. The van der Waals surface area contributed by atoms with Crippen LogP contribution in [0.2, 0.25) is 0 Å². The van der Waals surface area contributed by atoms with E-state index in [-0.39, 0.29) is 11.7 Å². The smallest absolute Gasteiger partial charge is 0.416 e. The lowest BCUT2D eigenvalue weighted by Gasteiger charge is -2.10. The van der Waals surface area contributed by atoms with Crippen molar-refractivity contribution >= 4 is 0 Å². The standard InChI is InChI=1S/C18H15F3N4O/c1-3-13-16(23-9-8-22-13)14-10-15(26-2)25-17(24-14)11-4-6-12(7-5-11)18(19,20)21/h4-10H,3H2,1-2H3. The molecule has 0 aliphatic rings. The fraction of sp³-hybridized carbons (Fsp3) is 0.222. The fourth-order valence-electron chi connectivity index (χ4n) is 2.43. The van der Waals surface area contributed by atoms with Gasteiger partial charge >= 0.3 is 6.18 Å². The Morgan fingerprint density at radius 1 is 1.00 bits per heavy atom. The van der Waals surface area contributed by atoms with E-state index in [1.54, 1.807) is 18.5 Å². The maximum absolute atomic E-state index is 12.7. The molecule has 3 aromatic rings. The van der Waals surface area contributed by atoms with Crippen molar-refractivity contribution in [1.29, 1.82) is 0 Å². The number of hydrogen-bond acceptors (Lipinski definition) is 5. The molecule has 0 unspecified atom stereocenters. The molecule has 3 rings (SSSR count). The van der Waals surface area contributed by atoms with Gasteiger partial charge in [0, 0.05) is 24.0 Å². The Morgan fingerprint density at radius 2 is 1.69 bits per heavy atom. The Kier molecular flexibility index (Phi) is 4.83. The van der Waals surface area contributed by atoms with Gasteiger partial charge in [-0.15, -0.1) is 0 Å². The largest absolute Gasteiger partial charge is 0.481 e. The number of ether oxygens (including phenoxy) is 1. The van der Waals surface area contributed by atoms with Crippen molar-refractivity contribution in [3.05, 3.63) is 54.0 Å². The molecular formula is C18H15F3N4O. The average Bonchev–Trinajstić information content (AvgIpc) is 2.67. The van der Waals surface area contributed by atoms with Gasteiger partial charge in [-0.1, -0.05) is 19.1 Å². The first-order chi connectivity index (χ1) is 12.4. The Labute approximate surface area is 147 Å². The zero-order chi connectivity index (χ0) is 18.7. The summed E-state index contributed by atoms with van der Waals surface area (Å²) in [7, 11) is 1.46. The van der Waals surface area contributed by atoms with Gasteiger partial charge in [-0.2, -0.15) is 18.2 Å². The third kappa shape index (κ3) is 3.63. The van der Waals surface area contributed by atoms with Gasteiger partial charge in [0.05, 0.1) is 24.1 Å². The van der Waals surface area contributed by atoms with E-state index in [0.717, 1.165) is 17.8 Å². The van der Waals surface area contributed by atoms with Crippen LogP contribution in [-0.4, -0.2) is 27.0 Å². The molecule has 0 saturated carbocycles. The first kappa shape index (κ1) is 17.8. The van der Waals surface area contributed by atoms with Gasteiger partial charge in [-0.25, -0.2) is 4.98 Å². The molecule has 5 nitrogen and oxygen atoms in total. The highest BCUT2D eigenvalue weighted by Crippen LogP contribution is 2.31. The zero-order valence-electron chi connectivity index (χ0n) is 14.1. The third-order valence-corrected chi connectivity index (χ3v) is 3.73. The van der Waals surface area contributed by atoms with Crippen LogP contribution in [-0.2, 0) is 12.6 Å². The Bertz CT molecular complexity index is 911. The molecule has 0 atom stereocenters. The van der Waals surface area contributed by atoms with E-state index in [2.05, 4.69) is 19.9 Å². The van der Waals surface area contributed by atoms with Crippen LogP contribution in [0.3, 0.4) is 0 Å². The highest BCUT2D eigenvalue weighted by Gasteiger charge is 2.30. The van der Waals surface area contributed by atoms with Crippen LogP contribution in [0.1, 0.15) is 18.2 Å². The molecule has 0 aliphatic heterocycles. The molecule has 0 amide bonds. The van der Waals surface area contributed by atoms with E-state index in [1.807, 2.05) is 6.92 Å². The number of aryl methyl sites for hydroxylation is 1. The van der Waals surface area contributed by atoms with Crippen LogP contribution < -0.4 is 4.74 Å². The van der Waals surface area contributed by atoms with E-state index in [9.17, 15) is 13.2 Å². The summed E-state index contributed by atoms with van der Waals surface area (Å²) in [4.78, 5) is 17.3. The second kappa shape index (κ2) is 7.07. The van der Waals surface area contributed by atoms with Gasteiger partial charge in [-0.05, 0) is 18.6 Å². The van der Waals surface area contributed by atoms with Gasteiger partial charge in [0.15, 0.2) is 5.82 Å². The van der Waals surface area contributed by atoms with Crippen molar-refractivity contribution in [3.63, 3.8) is 0 Å². The number of hydrogen-bond donors (Lipinski definition) is 0. The molecule has 0 fully saturated rings. The first-order valence-corrected chi connectivity index (χ1v) is 7.83. The highest BCUT2D eigenvalue weighted by molar-refractivity contribution is 5.64. The third-order valence-electron chi connectivity index (χ3n) is 3.73. The van der Waals surface area contributed by atoms with Gasteiger partial charge in [0.2, 0.25) is 5.88 Å². The van der Waals surface area contributed by atoms with Crippen LogP contribution in [0, 0.1) is 0 Å². The number of alkyl halides is 3. The van der Waals surface area contributed by atoms with E-state index in [1.165, 1.54) is 19.2 Å².